The van der Waals surface area contributed by atoms with Crippen molar-refractivity contribution >= 4 is 20.2 Å². The first kappa shape index (κ1) is 27.1. The molecule has 11 heteroatoms. The number of hydrogen-bond acceptors (Lipinski definition) is 6. The number of halogens is 1. The highest BCUT2D eigenvalue weighted by molar-refractivity contribution is 7.86. The Morgan fingerprint density at radius 3 is 1.48 bits per heavy atom. The molecule has 174 valence electrons. The third kappa shape index (κ3) is 10.8. The van der Waals surface area contributed by atoms with Crippen molar-refractivity contribution in [1.29, 1.82) is 0 Å². The molecule has 0 bridgehead atoms. The lowest BCUT2D eigenvalue weighted by molar-refractivity contribution is 0.145. The van der Waals surface area contributed by atoms with Gasteiger partial charge in [0.05, 0.1) is 16.5 Å². The molecule has 1 aliphatic heterocycles. The summed E-state index contributed by atoms with van der Waals surface area (Å²) in [6.07, 6.45) is 0.659. The first-order chi connectivity index (χ1) is 14.3. The summed E-state index contributed by atoms with van der Waals surface area (Å²) >= 11 is 0. The van der Waals surface area contributed by atoms with Crippen molar-refractivity contribution in [2.75, 3.05) is 26.3 Å². The summed E-state index contributed by atoms with van der Waals surface area (Å²) in [7, 11) is -8.04. The van der Waals surface area contributed by atoms with E-state index in [9.17, 15) is 21.2 Å². The van der Waals surface area contributed by atoms with E-state index in [1.54, 1.807) is 24.3 Å². The summed E-state index contributed by atoms with van der Waals surface area (Å²) in [5.74, 6) is 0. The minimum absolute atomic E-state index is 0.0666. The Balaban J connectivity index is 0.000000234. The Bertz CT molecular complexity index is 931. The normalized spacial score (nSPS) is 14.5. The van der Waals surface area contributed by atoms with Crippen molar-refractivity contribution < 1.29 is 30.3 Å². The third-order valence-corrected chi connectivity index (χ3v) is 5.97. The molecule has 2 aromatic rings. The quantitative estimate of drug-likeness (QED) is 0.560. The lowest BCUT2D eigenvalue weighted by Gasteiger charge is -2.36. The lowest BCUT2D eigenvalue weighted by atomic mass is 10.1. The summed E-state index contributed by atoms with van der Waals surface area (Å²) in [6, 6.07) is 12.3. The van der Waals surface area contributed by atoms with Gasteiger partial charge in [0.25, 0.3) is 20.2 Å². The maximum atomic E-state index is 11.6. The molecule has 0 unspecified atom stereocenters. The van der Waals surface area contributed by atoms with Crippen LogP contribution in [-0.2, 0) is 20.2 Å². The first-order valence-corrected chi connectivity index (χ1v) is 12.3. The highest BCUT2D eigenvalue weighted by atomic mass is 32.2. The number of rotatable bonds is 5. The van der Waals surface area contributed by atoms with Crippen LogP contribution in [0.25, 0.3) is 0 Å². The predicted octanol–water partition coefficient (Wildman–Crippen LogP) is 2.47. The van der Waals surface area contributed by atoms with Crippen LogP contribution in [0, 0.1) is 13.8 Å². The Morgan fingerprint density at radius 2 is 1.23 bits per heavy atom. The van der Waals surface area contributed by atoms with Crippen molar-refractivity contribution in [2.24, 2.45) is 5.73 Å². The van der Waals surface area contributed by atoms with Crippen molar-refractivity contribution in [2.45, 2.75) is 36.1 Å². The number of alkyl halides is 1. The van der Waals surface area contributed by atoms with Gasteiger partial charge in [-0.05, 0) is 44.5 Å². The van der Waals surface area contributed by atoms with Gasteiger partial charge in [-0.1, -0.05) is 35.4 Å². The molecule has 4 N–H and O–H groups in total. The first-order valence-electron chi connectivity index (χ1n) is 9.45. The second-order valence-corrected chi connectivity index (χ2v) is 9.98. The van der Waals surface area contributed by atoms with Gasteiger partial charge in [-0.25, -0.2) is 0 Å². The third-order valence-electron chi connectivity index (χ3n) is 4.23. The van der Waals surface area contributed by atoms with Gasteiger partial charge in [0.2, 0.25) is 0 Å². The highest BCUT2D eigenvalue weighted by Crippen LogP contribution is 2.09. The minimum atomic E-state index is -4.02. The molecule has 8 nitrogen and oxygen atoms in total. The van der Waals surface area contributed by atoms with Crippen LogP contribution < -0.4 is 5.73 Å². The van der Waals surface area contributed by atoms with E-state index >= 15 is 0 Å². The van der Waals surface area contributed by atoms with E-state index in [0.29, 0.717) is 12.5 Å². The second-order valence-electron chi connectivity index (χ2n) is 7.14. The van der Waals surface area contributed by atoms with Gasteiger partial charge in [0, 0.05) is 25.7 Å². The molecule has 0 amide bonds. The zero-order valence-electron chi connectivity index (χ0n) is 17.5. The Morgan fingerprint density at radius 1 is 0.871 bits per heavy atom. The van der Waals surface area contributed by atoms with Crippen LogP contribution in [0.4, 0.5) is 4.39 Å². The van der Waals surface area contributed by atoms with Crippen LogP contribution >= 0.6 is 0 Å². The van der Waals surface area contributed by atoms with Gasteiger partial charge >= 0.3 is 0 Å². The van der Waals surface area contributed by atoms with E-state index in [2.05, 4.69) is 4.90 Å². The van der Waals surface area contributed by atoms with Crippen LogP contribution in [0.5, 0.6) is 0 Å². The van der Waals surface area contributed by atoms with Crippen LogP contribution in [-0.4, -0.2) is 63.2 Å². The maximum absolute atomic E-state index is 11.6. The zero-order chi connectivity index (χ0) is 23.7. The largest absolute Gasteiger partial charge is 0.325 e. The van der Waals surface area contributed by atoms with Gasteiger partial charge in [-0.15, -0.1) is 0 Å². The molecule has 2 aromatic carbocycles. The standard InChI is InChI=1S/2C7H8O3S.C6H13FN2/c2*1-6-2-4-7(5-3-6)11(8,9)10;7-2-1-3-9-4-6(8)5-9/h2*2-5H,1H3,(H,8,9,10);6H,1-5,8H2. The summed E-state index contributed by atoms with van der Waals surface area (Å²) < 4.78 is 70.7. The monoisotopic (exact) mass is 476 g/mol. The van der Waals surface area contributed by atoms with E-state index in [-0.39, 0.29) is 16.5 Å². The number of hydrogen-bond donors (Lipinski definition) is 3. The van der Waals surface area contributed by atoms with E-state index in [0.717, 1.165) is 30.8 Å². The Labute approximate surface area is 183 Å². The SMILES string of the molecule is Cc1ccc(S(=O)(=O)O)cc1.Cc1ccc(S(=O)(=O)O)cc1.NC1CN(CCCF)C1. The van der Waals surface area contributed by atoms with Crippen molar-refractivity contribution in [3.63, 3.8) is 0 Å². The zero-order valence-corrected chi connectivity index (χ0v) is 19.1. The Kier molecular flexibility index (Phi) is 10.7. The topological polar surface area (TPSA) is 138 Å². The molecule has 0 aromatic heterocycles. The van der Waals surface area contributed by atoms with Gasteiger partial charge in [0.1, 0.15) is 0 Å². The molecule has 1 heterocycles. The molecule has 1 saturated heterocycles. The number of benzene rings is 2. The number of nitrogens with two attached hydrogens (primary N) is 1. The summed E-state index contributed by atoms with van der Waals surface area (Å²) in [4.78, 5) is 2.04. The molecular weight excluding hydrogens is 447 g/mol. The fourth-order valence-corrected chi connectivity index (χ4v) is 3.46. The molecule has 1 fully saturated rings. The van der Waals surface area contributed by atoms with Crippen molar-refractivity contribution in [3.05, 3.63) is 59.7 Å². The molecule has 1 aliphatic rings. The lowest BCUT2D eigenvalue weighted by Crippen LogP contribution is -2.55. The van der Waals surface area contributed by atoms with Gasteiger partial charge < -0.3 is 10.6 Å². The fraction of sp³-hybridized carbons (Fsp3) is 0.400. The van der Waals surface area contributed by atoms with E-state index in [1.807, 2.05) is 13.8 Å². The molecule has 31 heavy (non-hydrogen) atoms. The van der Waals surface area contributed by atoms with E-state index in [4.69, 9.17) is 14.8 Å². The predicted molar refractivity (Wildman–Crippen MR) is 117 cm³/mol. The van der Waals surface area contributed by atoms with Crippen LogP contribution in [0.3, 0.4) is 0 Å². The van der Waals surface area contributed by atoms with Crippen LogP contribution in [0.1, 0.15) is 17.5 Å². The number of aryl methyl sites for hydroxylation is 2. The molecule has 0 radical (unpaired) electrons. The average Bonchev–Trinajstić information content (AvgIpc) is 2.65. The van der Waals surface area contributed by atoms with Crippen molar-refractivity contribution in [3.8, 4) is 0 Å². The molecule has 0 spiro atoms. The molecular formula is C20H29FN2O6S2. The Hall–Kier alpha value is -1.89. The molecule has 0 atom stereocenters. The minimum Gasteiger partial charge on any atom is -0.325 e. The average molecular weight is 477 g/mol. The van der Waals surface area contributed by atoms with Crippen LogP contribution in [0.2, 0.25) is 0 Å². The number of nitrogens with zero attached hydrogens (tertiary/aromatic N) is 1. The molecule has 0 saturated carbocycles. The summed E-state index contributed by atoms with van der Waals surface area (Å²) in [5, 5.41) is 0. The van der Waals surface area contributed by atoms with Gasteiger partial charge in [-0.3, -0.25) is 13.5 Å². The maximum Gasteiger partial charge on any atom is 0.294 e. The van der Waals surface area contributed by atoms with Gasteiger partial charge in [0.15, 0.2) is 0 Å². The summed E-state index contributed by atoms with van der Waals surface area (Å²) in [5.41, 5.74) is 7.42. The fourth-order valence-electron chi connectivity index (χ4n) is 2.50. The smallest absolute Gasteiger partial charge is 0.294 e. The number of likely N-dealkylation sites (tertiary alicyclic amines) is 1. The van der Waals surface area contributed by atoms with Crippen LogP contribution in [0.15, 0.2) is 58.3 Å². The van der Waals surface area contributed by atoms with Crippen molar-refractivity contribution in [1.82, 2.24) is 4.90 Å². The highest BCUT2D eigenvalue weighted by Gasteiger charge is 2.21. The van der Waals surface area contributed by atoms with Gasteiger partial charge in [-0.2, -0.15) is 16.8 Å². The summed E-state index contributed by atoms with van der Waals surface area (Å²) in [6.45, 7) is 6.28. The molecule has 0 aliphatic carbocycles. The van der Waals surface area contributed by atoms with E-state index in [1.165, 1.54) is 24.3 Å². The second kappa shape index (κ2) is 12.2. The molecule has 3 rings (SSSR count). The van der Waals surface area contributed by atoms with E-state index < -0.39 is 20.2 Å².